The Morgan fingerprint density at radius 1 is 1.18 bits per heavy atom. The number of aliphatic hydroxyl groups excluding tert-OH is 1. The summed E-state index contributed by atoms with van der Waals surface area (Å²) >= 11 is 0. The number of ether oxygens (including phenoxy) is 1. The van der Waals surface area contributed by atoms with E-state index < -0.39 is 6.10 Å². The lowest BCUT2D eigenvalue weighted by Gasteiger charge is -2.48. The average molecular weight is 312 g/mol. The van der Waals surface area contributed by atoms with Crippen molar-refractivity contribution < 1.29 is 19.4 Å². The van der Waals surface area contributed by atoms with Crippen LogP contribution in [0, 0.1) is 28.6 Å². The molecule has 1 aliphatic carbocycles. The van der Waals surface area contributed by atoms with Crippen LogP contribution in [-0.2, 0) is 14.3 Å². The minimum Gasteiger partial charge on any atom is -0.466 e. The molecule has 1 fully saturated rings. The molecular formula is C18H32O4. The Morgan fingerprint density at radius 2 is 1.73 bits per heavy atom. The van der Waals surface area contributed by atoms with E-state index in [-0.39, 0.29) is 46.9 Å². The summed E-state index contributed by atoms with van der Waals surface area (Å²) in [5.74, 6) is -0.642. The number of esters is 1. The van der Waals surface area contributed by atoms with E-state index in [1.807, 2.05) is 20.8 Å². The molecule has 0 heterocycles. The second-order valence-electron chi connectivity index (χ2n) is 8.77. The highest BCUT2D eigenvalue weighted by atomic mass is 16.5. The van der Waals surface area contributed by atoms with Crippen LogP contribution in [0.2, 0.25) is 0 Å². The molecule has 1 N–H and O–H groups in total. The van der Waals surface area contributed by atoms with Gasteiger partial charge in [-0.15, -0.1) is 0 Å². The fourth-order valence-corrected chi connectivity index (χ4v) is 3.63. The summed E-state index contributed by atoms with van der Waals surface area (Å²) in [4.78, 5) is 23.7. The maximum atomic E-state index is 12.8. The third kappa shape index (κ3) is 4.55. The molecule has 1 aliphatic rings. The molecule has 4 unspecified atom stereocenters. The molecule has 4 nitrogen and oxygen atoms in total. The molecule has 1 rings (SSSR count). The van der Waals surface area contributed by atoms with E-state index in [4.69, 9.17) is 4.74 Å². The number of hydrogen-bond acceptors (Lipinski definition) is 4. The average Bonchev–Trinajstić information content (AvgIpc) is 2.28. The summed E-state index contributed by atoms with van der Waals surface area (Å²) in [6.07, 6.45) is 0.597. The van der Waals surface area contributed by atoms with Crippen LogP contribution in [-0.4, -0.2) is 29.6 Å². The number of rotatable bonds is 3. The first-order valence-electron chi connectivity index (χ1n) is 8.21. The van der Waals surface area contributed by atoms with E-state index in [2.05, 4.69) is 20.8 Å². The first kappa shape index (κ1) is 19.1. The summed E-state index contributed by atoms with van der Waals surface area (Å²) in [7, 11) is 0. The van der Waals surface area contributed by atoms with Crippen molar-refractivity contribution in [2.45, 2.75) is 67.4 Å². The maximum Gasteiger partial charge on any atom is 0.302 e. The molecular weight excluding hydrogens is 280 g/mol. The molecule has 0 amide bonds. The lowest BCUT2D eigenvalue weighted by atomic mass is 9.57. The Labute approximate surface area is 134 Å². The van der Waals surface area contributed by atoms with E-state index in [1.54, 1.807) is 0 Å². The van der Waals surface area contributed by atoms with Crippen LogP contribution in [0.3, 0.4) is 0 Å². The van der Waals surface area contributed by atoms with Crippen molar-refractivity contribution in [1.82, 2.24) is 0 Å². The van der Waals surface area contributed by atoms with E-state index in [0.717, 1.165) is 0 Å². The van der Waals surface area contributed by atoms with E-state index in [9.17, 15) is 14.7 Å². The molecule has 0 aliphatic heterocycles. The van der Waals surface area contributed by atoms with Crippen LogP contribution >= 0.6 is 0 Å². The highest BCUT2D eigenvalue weighted by Gasteiger charge is 2.50. The van der Waals surface area contributed by atoms with Crippen LogP contribution in [0.5, 0.6) is 0 Å². The highest BCUT2D eigenvalue weighted by Crippen LogP contribution is 2.47. The molecule has 0 aromatic carbocycles. The Balaban J connectivity index is 2.98. The maximum absolute atomic E-state index is 12.8. The molecule has 4 heteroatoms. The monoisotopic (exact) mass is 312 g/mol. The third-order valence-electron chi connectivity index (χ3n) is 4.82. The van der Waals surface area contributed by atoms with Crippen LogP contribution < -0.4 is 0 Å². The lowest BCUT2D eigenvalue weighted by molar-refractivity contribution is -0.153. The van der Waals surface area contributed by atoms with Crippen molar-refractivity contribution in [2.24, 2.45) is 28.6 Å². The van der Waals surface area contributed by atoms with Gasteiger partial charge in [-0.25, -0.2) is 0 Å². The van der Waals surface area contributed by atoms with Crippen molar-refractivity contribution >= 4 is 11.8 Å². The zero-order valence-electron chi connectivity index (χ0n) is 15.1. The number of ketones is 1. The van der Waals surface area contributed by atoms with Gasteiger partial charge >= 0.3 is 5.97 Å². The molecule has 4 atom stereocenters. The van der Waals surface area contributed by atoms with Gasteiger partial charge in [-0.3, -0.25) is 9.59 Å². The van der Waals surface area contributed by atoms with Crippen molar-refractivity contribution in [2.75, 3.05) is 6.61 Å². The minimum atomic E-state index is -0.613. The van der Waals surface area contributed by atoms with Crippen molar-refractivity contribution in [3.05, 3.63) is 0 Å². The Kier molecular flexibility index (Phi) is 5.82. The largest absolute Gasteiger partial charge is 0.466 e. The van der Waals surface area contributed by atoms with Crippen LogP contribution in [0.25, 0.3) is 0 Å². The Morgan fingerprint density at radius 3 is 2.14 bits per heavy atom. The standard InChI is InChI=1S/C18H32O4/c1-11(19)22-9-8-12-10-13(17(2,3)4)16(21)14(15(12)20)18(5,6)7/h12-14,16,21H,8-10H2,1-7H3. The second-order valence-corrected chi connectivity index (χ2v) is 8.77. The molecule has 22 heavy (non-hydrogen) atoms. The van der Waals surface area contributed by atoms with Crippen LogP contribution in [0.15, 0.2) is 0 Å². The van der Waals surface area contributed by atoms with Gasteiger partial charge in [-0.2, -0.15) is 0 Å². The SMILES string of the molecule is CC(=O)OCCC1CC(C(C)(C)C)C(O)C(C(C)(C)C)C1=O. The highest BCUT2D eigenvalue weighted by molar-refractivity contribution is 5.85. The first-order chi connectivity index (χ1) is 9.85. The van der Waals surface area contributed by atoms with Gasteiger partial charge in [0.2, 0.25) is 0 Å². The molecule has 128 valence electrons. The van der Waals surface area contributed by atoms with E-state index >= 15 is 0 Å². The van der Waals surface area contributed by atoms with E-state index in [0.29, 0.717) is 12.8 Å². The molecule has 0 aromatic rings. The minimum absolute atomic E-state index is 0.0662. The predicted octanol–water partition coefficient (Wildman–Crippen LogP) is 3.21. The van der Waals surface area contributed by atoms with Gasteiger partial charge in [0.1, 0.15) is 5.78 Å². The smallest absolute Gasteiger partial charge is 0.302 e. The van der Waals surface area contributed by atoms with Gasteiger partial charge in [-0.1, -0.05) is 41.5 Å². The normalized spacial score (nSPS) is 30.3. The number of aliphatic hydroxyl groups is 1. The topological polar surface area (TPSA) is 63.6 Å². The van der Waals surface area contributed by atoms with Gasteiger partial charge in [-0.05, 0) is 29.6 Å². The van der Waals surface area contributed by atoms with Gasteiger partial charge in [0, 0.05) is 18.8 Å². The lowest BCUT2D eigenvalue weighted by Crippen LogP contribution is -2.53. The van der Waals surface area contributed by atoms with Gasteiger partial charge in [0.05, 0.1) is 12.7 Å². The van der Waals surface area contributed by atoms with Gasteiger partial charge in [0.25, 0.3) is 0 Å². The predicted molar refractivity (Wildman–Crippen MR) is 86.3 cm³/mol. The number of carbonyl (C=O) groups excluding carboxylic acids is 2. The zero-order chi connectivity index (χ0) is 17.3. The second kappa shape index (κ2) is 6.69. The Bertz CT molecular complexity index is 414. The van der Waals surface area contributed by atoms with Crippen LogP contribution in [0.4, 0.5) is 0 Å². The number of Topliss-reactive ketones (excluding diaryl/α,β-unsaturated/α-hetero) is 1. The molecule has 1 saturated carbocycles. The molecule has 0 saturated heterocycles. The fraction of sp³-hybridized carbons (Fsp3) is 0.889. The van der Waals surface area contributed by atoms with Crippen LogP contribution in [0.1, 0.15) is 61.3 Å². The molecule has 0 bridgehead atoms. The summed E-state index contributed by atoms with van der Waals surface area (Å²) in [6, 6.07) is 0. The van der Waals surface area contributed by atoms with E-state index in [1.165, 1.54) is 6.92 Å². The molecule has 0 spiro atoms. The fourth-order valence-electron chi connectivity index (χ4n) is 3.63. The first-order valence-corrected chi connectivity index (χ1v) is 8.21. The van der Waals surface area contributed by atoms with Gasteiger partial charge < -0.3 is 9.84 Å². The summed E-state index contributed by atoms with van der Waals surface area (Å²) < 4.78 is 5.01. The number of carbonyl (C=O) groups is 2. The molecule has 0 aromatic heterocycles. The molecule has 0 radical (unpaired) electrons. The van der Waals surface area contributed by atoms with Crippen molar-refractivity contribution in [1.29, 1.82) is 0 Å². The quantitative estimate of drug-likeness (QED) is 0.813. The number of hydrogen-bond donors (Lipinski definition) is 1. The third-order valence-corrected chi connectivity index (χ3v) is 4.82. The zero-order valence-corrected chi connectivity index (χ0v) is 15.1. The van der Waals surface area contributed by atoms with Crippen molar-refractivity contribution in [3.8, 4) is 0 Å². The summed E-state index contributed by atoms with van der Waals surface area (Å²) in [6.45, 7) is 14.0. The van der Waals surface area contributed by atoms with Gasteiger partial charge in [0.15, 0.2) is 0 Å². The Hall–Kier alpha value is -0.900. The summed E-state index contributed by atoms with van der Waals surface area (Å²) in [5, 5.41) is 10.8. The van der Waals surface area contributed by atoms with Crippen molar-refractivity contribution in [3.63, 3.8) is 0 Å². The summed E-state index contributed by atoms with van der Waals surface area (Å²) in [5.41, 5.74) is -0.344.